The standard InChI is InChI=1S/C17H17N5O.2ClH/c18-11-13-2-4-15(5-3-13)17(23)20-12-14-6-8-19-16(10-14)22-9-1-7-21-22;;/h1-10H,11-12,18H2,(H,20,23);2*1H. The molecule has 1 aromatic carbocycles. The zero-order valence-electron chi connectivity index (χ0n) is 13.3. The van der Waals surface area contributed by atoms with E-state index >= 15 is 0 Å². The maximum Gasteiger partial charge on any atom is 0.251 e. The molecule has 1 amide bonds. The Labute approximate surface area is 158 Å². The summed E-state index contributed by atoms with van der Waals surface area (Å²) >= 11 is 0. The van der Waals surface area contributed by atoms with E-state index in [1.54, 1.807) is 29.2 Å². The Bertz CT molecular complexity index is 791. The molecule has 0 saturated heterocycles. The number of pyridine rings is 1. The van der Waals surface area contributed by atoms with Crippen LogP contribution in [0, 0.1) is 0 Å². The van der Waals surface area contributed by atoms with E-state index in [4.69, 9.17) is 5.73 Å². The largest absolute Gasteiger partial charge is 0.348 e. The number of amides is 1. The van der Waals surface area contributed by atoms with Crippen molar-refractivity contribution in [3.8, 4) is 5.82 Å². The molecule has 8 heteroatoms. The zero-order valence-corrected chi connectivity index (χ0v) is 15.0. The van der Waals surface area contributed by atoms with Crippen molar-refractivity contribution in [2.75, 3.05) is 0 Å². The topological polar surface area (TPSA) is 85.8 Å². The van der Waals surface area contributed by atoms with Crippen molar-refractivity contribution >= 4 is 30.7 Å². The summed E-state index contributed by atoms with van der Waals surface area (Å²) in [6.07, 6.45) is 5.22. The third-order valence-corrected chi connectivity index (χ3v) is 3.45. The zero-order chi connectivity index (χ0) is 16.1. The van der Waals surface area contributed by atoms with Gasteiger partial charge in [0.1, 0.15) is 0 Å². The Morgan fingerprint density at radius 2 is 1.84 bits per heavy atom. The number of nitrogens with one attached hydrogen (secondary N) is 1. The van der Waals surface area contributed by atoms with Gasteiger partial charge in [-0.3, -0.25) is 4.79 Å². The number of carbonyl (C=O) groups excluding carboxylic acids is 1. The molecule has 0 unspecified atom stereocenters. The quantitative estimate of drug-likeness (QED) is 0.712. The van der Waals surface area contributed by atoms with Crippen LogP contribution in [0.15, 0.2) is 61.1 Å². The molecule has 3 rings (SSSR count). The number of aromatic nitrogens is 3. The first-order chi connectivity index (χ1) is 11.3. The number of rotatable bonds is 5. The van der Waals surface area contributed by atoms with Crippen LogP contribution in [-0.4, -0.2) is 20.7 Å². The summed E-state index contributed by atoms with van der Waals surface area (Å²) < 4.78 is 1.68. The Balaban J connectivity index is 0.00000156. The molecule has 25 heavy (non-hydrogen) atoms. The summed E-state index contributed by atoms with van der Waals surface area (Å²) in [7, 11) is 0. The number of benzene rings is 1. The lowest BCUT2D eigenvalue weighted by Crippen LogP contribution is -2.23. The number of hydrogen-bond acceptors (Lipinski definition) is 4. The van der Waals surface area contributed by atoms with E-state index in [0.29, 0.717) is 24.5 Å². The molecular formula is C17H19Cl2N5O. The van der Waals surface area contributed by atoms with E-state index in [0.717, 1.165) is 11.1 Å². The molecule has 0 radical (unpaired) electrons. The normalized spacial score (nSPS) is 9.64. The summed E-state index contributed by atoms with van der Waals surface area (Å²) in [4.78, 5) is 16.4. The first kappa shape index (κ1) is 20.6. The highest BCUT2D eigenvalue weighted by atomic mass is 35.5. The van der Waals surface area contributed by atoms with Crippen LogP contribution in [0.25, 0.3) is 5.82 Å². The van der Waals surface area contributed by atoms with Gasteiger partial charge in [0.05, 0.1) is 0 Å². The highest BCUT2D eigenvalue weighted by Crippen LogP contribution is 2.07. The smallest absolute Gasteiger partial charge is 0.251 e. The van der Waals surface area contributed by atoms with Crippen molar-refractivity contribution < 1.29 is 4.79 Å². The Kier molecular flexibility index (Phi) is 8.07. The Hall–Kier alpha value is -2.41. The van der Waals surface area contributed by atoms with Crippen LogP contribution in [0.5, 0.6) is 0 Å². The van der Waals surface area contributed by atoms with Crippen molar-refractivity contribution in [1.29, 1.82) is 0 Å². The lowest BCUT2D eigenvalue weighted by molar-refractivity contribution is 0.0951. The minimum Gasteiger partial charge on any atom is -0.348 e. The van der Waals surface area contributed by atoms with Gasteiger partial charge in [-0.25, -0.2) is 9.67 Å². The molecular weight excluding hydrogens is 361 g/mol. The van der Waals surface area contributed by atoms with Crippen molar-refractivity contribution in [2.24, 2.45) is 5.73 Å². The first-order valence-electron chi connectivity index (χ1n) is 7.28. The Morgan fingerprint density at radius 1 is 1.08 bits per heavy atom. The summed E-state index contributed by atoms with van der Waals surface area (Å²) in [5.74, 6) is 0.597. The highest BCUT2D eigenvalue weighted by Gasteiger charge is 2.06. The van der Waals surface area contributed by atoms with E-state index in [2.05, 4.69) is 15.4 Å². The highest BCUT2D eigenvalue weighted by molar-refractivity contribution is 5.94. The van der Waals surface area contributed by atoms with Gasteiger partial charge in [0.15, 0.2) is 5.82 Å². The second-order valence-electron chi connectivity index (χ2n) is 5.06. The van der Waals surface area contributed by atoms with Gasteiger partial charge < -0.3 is 11.1 Å². The fourth-order valence-corrected chi connectivity index (χ4v) is 2.18. The number of halogens is 2. The summed E-state index contributed by atoms with van der Waals surface area (Å²) in [5.41, 5.74) is 8.12. The minimum atomic E-state index is -0.119. The van der Waals surface area contributed by atoms with Gasteiger partial charge in [0.25, 0.3) is 5.91 Å². The van der Waals surface area contributed by atoms with Crippen LogP contribution in [0.1, 0.15) is 21.5 Å². The van der Waals surface area contributed by atoms with Crippen molar-refractivity contribution in [3.05, 3.63) is 77.7 Å². The molecule has 0 aliphatic carbocycles. The number of carbonyl (C=O) groups is 1. The monoisotopic (exact) mass is 379 g/mol. The molecule has 0 aliphatic rings. The van der Waals surface area contributed by atoms with E-state index in [1.807, 2.05) is 36.5 Å². The molecule has 6 nitrogen and oxygen atoms in total. The molecule has 0 aliphatic heterocycles. The molecule has 0 spiro atoms. The average Bonchev–Trinajstić information content (AvgIpc) is 3.15. The van der Waals surface area contributed by atoms with Gasteiger partial charge in [0.2, 0.25) is 0 Å². The van der Waals surface area contributed by atoms with Crippen LogP contribution in [0.3, 0.4) is 0 Å². The van der Waals surface area contributed by atoms with Gasteiger partial charge in [-0.05, 0) is 41.5 Å². The maximum atomic E-state index is 12.2. The van der Waals surface area contributed by atoms with Crippen molar-refractivity contribution in [3.63, 3.8) is 0 Å². The molecule has 2 aromatic heterocycles. The van der Waals surface area contributed by atoms with Crippen molar-refractivity contribution in [1.82, 2.24) is 20.1 Å². The number of nitrogens with zero attached hydrogens (tertiary/aromatic N) is 3. The van der Waals surface area contributed by atoms with Crippen LogP contribution in [-0.2, 0) is 13.1 Å². The second kappa shape index (κ2) is 9.78. The van der Waals surface area contributed by atoms with Gasteiger partial charge in [-0.15, -0.1) is 24.8 Å². The lowest BCUT2D eigenvalue weighted by Gasteiger charge is -2.07. The predicted molar refractivity (Wildman–Crippen MR) is 101 cm³/mol. The van der Waals surface area contributed by atoms with E-state index in [9.17, 15) is 4.79 Å². The van der Waals surface area contributed by atoms with Crippen molar-refractivity contribution in [2.45, 2.75) is 13.1 Å². The molecule has 3 N–H and O–H groups in total. The molecule has 132 valence electrons. The summed E-state index contributed by atoms with van der Waals surface area (Å²) in [6, 6.07) is 12.9. The molecule has 3 aromatic rings. The third kappa shape index (κ3) is 5.29. The molecule has 0 atom stereocenters. The fourth-order valence-electron chi connectivity index (χ4n) is 2.18. The Morgan fingerprint density at radius 3 is 2.48 bits per heavy atom. The van der Waals surface area contributed by atoms with Gasteiger partial charge in [0, 0.05) is 37.2 Å². The SMILES string of the molecule is Cl.Cl.NCc1ccc(C(=O)NCc2ccnc(-n3cccn3)c2)cc1. The molecule has 0 saturated carbocycles. The van der Waals surface area contributed by atoms with E-state index in [1.165, 1.54) is 0 Å². The maximum absolute atomic E-state index is 12.2. The lowest BCUT2D eigenvalue weighted by atomic mass is 10.1. The van der Waals surface area contributed by atoms with Gasteiger partial charge in [-0.1, -0.05) is 12.1 Å². The number of nitrogens with two attached hydrogens (primary N) is 1. The fraction of sp³-hybridized carbons (Fsp3) is 0.118. The van der Waals surface area contributed by atoms with E-state index in [-0.39, 0.29) is 30.7 Å². The summed E-state index contributed by atoms with van der Waals surface area (Å²) in [5, 5.41) is 7.04. The molecule has 0 bridgehead atoms. The van der Waals surface area contributed by atoms with Gasteiger partial charge in [-0.2, -0.15) is 5.10 Å². The predicted octanol–water partition coefficient (Wildman–Crippen LogP) is 2.50. The van der Waals surface area contributed by atoms with Crippen LogP contribution in [0.4, 0.5) is 0 Å². The summed E-state index contributed by atoms with van der Waals surface area (Å²) in [6.45, 7) is 0.892. The van der Waals surface area contributed by atoms with Crippen LogP contribution < -0.4 is 11.1 Å². The first-order valence-corrected chi connectivity index (χ1v) is 7.28. The van der Waals surface area contributed by atoms with Gasteiger partial charge >= 0.3 is 0 Å². The average molecular weight is 380 g/mol. The van der Waals surface area contributed by atoms with E-state index < -0.39 is 0 Å². The van der Waals surface area contributed by atoms with Crippen LogP contribution in [0.2, 0.25) is 0 Å². The minimum absolute atomic E-state index is 0. The number of hydrogen-bond donors (Lipinski definition) is 2. The molecule has 0 fully saturated rings. The third-order valence-electron chi connectivity index (χ3n) is 3.45. The second-order valence-corrected chi connectivity index (χ2v) is 5.06. The van der Waals surface area contributed by atoms with Crippen LogP contribution >= 0.6 is 24.8 Å². The molecule has 2 heterocycles.